The molecule has 3 nitrogen and oxygen atoms in total. The molecule has 2 heterocycles. The van der Waals surface area contributed by atoms with Crippen molar-refractivity contribution in [1.29, 1.82) is 0 Å². The molecular weight excluding hydrogens is 270 g/mol. The molecule has 0 atom stereocenters. The number of benzene rings is 1. The molecule has 1 aromatic carbocycles. The van der Waals surface area contributed by atoms with Crippen LogP contribution in [0.25, 0.3) is 11.0 Å². The quantitative estimate of drug-likeness (QED) is 0.684. The van der Waals surface area contributed by atoms with Crippen molar-refractivity contribution in [2.75, 3.05) is 0 Å². The maximum Gasteiger partial charge on any atom is 0.124 e. The van der Waals surface area contributed by atoms with Crippen LogP contribution in [0.3, 0.4) is 0 Å². The van der Waals surface area contributed by atoms with Crippen molar-refractivity contribution in [2.45, 2.75) is 25.8 Å². The minimum atomic E-state index is 0.435. The zero-order chi connectivity index (χ0) is 13.9. The summed E-state index contributed by atoms with van der Waals surface area (Å²) in [7, 11) is 0. The number of rotatable bonds is 4. The molecule has 0 N–H and O–H groups in total. The molecule has 0 unspecified atom stereocenters. The maximum absolute atomic E-state index is 6.03. The van der Waals surface area contributed by atoms with Crippen LogP contribution >= 0.6 is 11.6 Å². The summed E-state index contributed by atoms with van der Waals surface area (Å²) >= 11 is 6.03. The van der Waals surface area contributed by atoms with Crippen LogP contribution in [0.4, 0.5) is 0 Å². The summed E-state index contributed by atoms with van der Waals surface area (Å²) in [4.78, 5) is 8.65. The van der Waals surface area contributed by atoms with Crippen molar-refractivity contribution in [1.82, 2.24) is 14.5 Å². The lowest BCUT2D eigenvalue weighted by atomic mass is 10.2. The number of fused-ring (bicyclic) bond motifs is 1. The summed E-state index contributed by atoms with van der Waals surface area (Å²) in [6.45, 7) is 2.98. The second-order valence-electron chi connectivity index (χ2n) is 4.91. The number of hydrogen-bond donors (Lipinski definition) is 0. The first-order valence-electron chi connectivity index (χ1n) is 6.68. The zero-order valence-corrected chi connectivity index (χ0v) is 12.1. The van der Waals surface area contributed by atoms with E-state index in [0.717, 1.165) is 29.8 Å². The second-order valence-corrected chi connectivity index (χ2v) is 5.18. The highest BCUT2D eigenvalue weighted by atomic mass is 35.5. The van der Waals surface area contributed by atoms with Crippen LogP contribution in [0, 0.1) is 6.92 Å². The molecule has 0 fully saturated rings. The number of imidazole rings is 1. The van der Waals surface area contributed by atoms with Crippen LogP contribution in [0.15, 0.2) is 42.7 Å². The van der Waals surface area contributed by atoms with Crippen molar-refractivity contribution < 1.29 is 0 Å². The molecule has 0 saturated heterocycles. The van der Waals surface area contributed by atoms with Crippen LogP contribution in [0.5, 0.6) is 0 Å². The molecule has 0 aliphatic rings. The lowest BCUT2D eigenvalue weighted by Crippen LogP contribution is -2.05. The fourth-order valence-electron chi connectivity index (χ4n) is 2.42. The smallest absolute Gasteiger partial charge is 0.124 e. The Bertz CT molecular complexity index is 719. The summed E-state index contributed by atoms with van der Waals surface area (Å²) < 4.78 is 2.22. The fraction of sp³-hybridized carbons (Fsp3) is 0.250. The van der Waals surface area contributed by atoms with E-state index in [1.165, 1.54) is 11.1 Å². The number of aryl methyl sites for hydroxylation is 3. The Hall–Kier alpha value is -1.87. The Morgan fingerprint density at radius 1 is 1.15 bits per heavy atom. The van der Waals surface area contributed by atoms with E-state index in [2.05, 4.69) is 39.7 Å². The Kier molecular flexibility index (Phi) is 3.70. The zero-order valence-electron chi connectivity index (χ0n) is 11.4. The van der Waals surface area contributed by atoms with Gasteiger partial charge in [0.15, 0.2) is 0 Å². The van der Waals surface area contributed by atoms with E-state index in [4.69, 9.17) is 11.6 Å². The molecular formula is C16H16ClN3. The van der Waals surface area contributed by atoms with E-state index < -0.39 is 0 Å². The third kappa shape index (κ3) is 2.54. The predicted octanol–water partition coefficient (Wildman–Crippen LogP) is 3.72. The Morgan fingerprint density at radius 2 is 1.95 bits per heavy atom. The Labute approximate surface area is 123 Å². The molecule has 4 heteroatoms. The Balaban J connectivity index is 1.95. The fourth-order valence-corrected chi connectivity index (χ4v) is 2.63. The summed E-state index contributed by atoms with van der Waals surface area (Å²) in [6.07, 6.45) is 4.60. The van der Waals surface area contributed by atoms with Gasteiger partial charge in [-0.1, -0.05) is 6.07 Å². The standard InChI is InChI=1S/C16H16ClN3/c1-12-2-3-14-15(10-12)20(16(11-17)19-14)9-6-13-4-7-18-8-5-13/h2-5,7-8,10H,6,9,11H2,1H3. The lowest BCUT2D eigenvalue weighted by molar-refractivity contribution is 0.687. The Morgan fingerprint density at radius 3 is 2.70 bits per heavy atom. The van der Waals surface area contributed by atoms with Gasteiger partial charge in [0.25, 0.3) is 0 Å². The van der Waals surface area contributed by atoms with Crippen LogP contribution in [0.1, 0.15) is 17.0 Å². The second kappa shape index (κ2) is 5.63. The topological polar surface area (TPSA) is 30.7 Å². The first kappa shape index (κ1) is 13.1. The van der Waals surface area contributed by atoms with Gasteiger partial charge in [-0.15, -0.1) is 11.6 Å². The predicted molar refractivity (Wildman–Crippen MR) is 82.0 cm³/mol. The molecule has 2 aromatic heterocycles. The summed E-state index contributed by atoms with van der Waals surface area (Å²) in [5.41, 5.74) is 4.69. The lowest BCUT2D eigenvalue weighted by Gasteiger charge is -2.08. The third-order valence-electron chi connectivity index (χ3n) is 3.48. The monoisotopic (exact) mass is 285 g/mol. The van der Waals surface area contributed by atoms with Gasteiger partial charge in [0, 0.05) is 18.9 Å². The van der Waals surface area contributed by atoms with Gasteiger partial charge in [0.05, 0.1) is 16.9 Å². The summed E-state index contributed by atoms with van der Waals surface area (Å²) in [6, 6.07) is 10.4. The first-order chi connectivity index (χ1) is 9.78. The number of nitrogens with zero attached hydrogens (tertiary/aromatic N) is 3. The number of halogens is 1. The van der Waals surface area contributed by atoms with E-state index in [1.807, 2.05) is 24.5 Å². The van der Waals surface area contributed by atoms with Gasteiger partial charge < -0.3 is 4.57 Å². The molecule has 0 radical (unpaired) electrons. The number of hydrogen-bond acceptors (Lipinski definition) is 2. The van der Waals surface area contributed by atoms with Gasteiger partial charge in [-0.05, 0) is 48.7 Å². The van der Waals surface area contributed by atoms with Crippen molar-refractivity contribution in [3.05, 3.63) is 59.7 Å². The normalized spacial score (nSPS) is 11.1. The van der Waals surface area contributed by atoms with E-state index in [9.17, 15) is 0 Å². The van der Waals surface area contributed by atoms with Crippen molar-refractivity contribution >= 4 is 22.6 Å². The summed E-state index contributed by atoms with van der Waals surface area (Å²) in [5.74, 6) is 1.37. The minimum absolute atomic E-state index is 0.435. The minimum Gasteiger partial charge on any atom is -0.327 e. The maximum atomic E-state index is 6.03. The molecule has 102 valence electrons. The highest BCUT2D eigenvalue weighted by Crippen LogP contribution is 2.19. The average molecular weight is 286 g/mol. The van der Waals surface area contributed by atoms with Gasteiger partial charge in [0.2, 0.25) is 0 Å². The van der Waals surface area contributed by atoms with E-state index in [0.29, 0.717) is 5.88 Å². The van der Waals surface area contributed by atoms with Crippen LogP contribution in [0.2, 0.25) is 0 Å². The molecule has 0 amide bonds. The number of alkyl halides is 1. The van der Waals surface area contributed by atoms with Gasteiger partial charge in [-0.25, -0.2) is 4.98 Å². The highest BCUT2D eigenvalue weighted by molar-refractivity contribution is 6.16. The third-order valence-corrected chi connectivity index (χ3v) is 3.71. The largest absolute Gasteiger partial charge is 0.327 e. The molecule has 0 aliphatic carbocycles. The van der Waals surface area contributed by atoms with Crippen molar-refractivity contribution in [3.63, 3.8) is 0 Å². The van der Waals surface area contributed by atoms with Crippen LogP contribution in [-0.4, -0.2) is 14.5 Å². The van der Waals surface area contributed by atoms with Crippen molar-refractivity contribution in [2.24, 2.45) is 0 Å². The van der Waals surface area contributed by atoms with E-state index in [1.54, 1.807) is 0 Å². The number of pyridine rings is 1. The molecule has 0 spiro atoms. The van der Waals surface area contributed by atoms with Gasteiger partial charge in [-0.2, -0.15) is 0 Å². The SMILES string of the molecule is Cc1ccc2nc(CCl)n(CCc3ccncc3)c2c1. The van der Waals surface area contributed by atoms with Crippen LogP contribution in [-0.2, 0) is 18.8 Å². The molecule has 3 aromatic rings. The van der Waals surface area contributed by atoms with E-state index in [-0.39, 0.29) is 0 Å². The molecule has 0 bridgehead atoms. The molecule has 3 rings (SSSR count). The number of aromatic nitrogens is 3. The van der Waals surface area contributed by atoms with Crippen molar-refractivity contribution in [3.8, 4) is 0 Å². The van der Waals surface area contributed by atoms with Gasteiger partial charge in [0.1, 0.15) is 5.82 Å². The van der Waals surface area contributed by atoms with Gasteiger partial charge in [-0.3, -0.25) is 4.98 Å². The summed E-state index contributed by atoms with van der Waals surface area (Å²) in [5, 5.41) is 0. The average Bonchev–Trinajstić information content (AvgIpc) is 2.83. The van der Waals surface area contributed by atoms with E-state index >= 15 is 0 Å². The first-order valence-corrected chi connectivity index (χ1v) is 7.22. The molecule has 0 saturated carbocycles. The van der Waals surface area contributed by atoms with Gasteiger partial charge >= 0.3 is 0 Å². The highest BCUT2D eigenvalue weighted by Gasteiger charge is 2.09. The molecule has 20 heavy (non-hydrogen) atoms. The molecule has 0 aliphatic heterocycles. The van der Waals surface area contributed by atoms with Crippen LogP contribution < -0.4 is 0 Å².